The fourth-order valence-corrected chi connectivity index (χ4v) is 3.87. The Bertz CT molecular complexity index is 578. The quantitative estimate of drug-likeness (QED) is 0.657. The minimum atomic E-state index is 0.553. The molecule has 2 aromatic rings. The van der Waals surface area contributed by atoms with Gasteiger partial charge in [-0.15, -0.1) is 11.3 Å². The van der Waals surface area contributed by atoms with Crippen molar-refractivity contribution in [3.63, 3.8) is 0 Å². The molecule has 0 aromatic carbocycles. The number of halogens is 1. The number of rotatable bonds is 3. The Morgan fingerprint density at radius 1 is 1.26 bits per heavy atom. The van der Waals surface area contributed by atoms with Gasteiger partial charge >= 0.3 is 0 Å². The lowest BCUT2D eigenvalue weighted by molar-refractivity contribution is 0.696. The highest BCUT2D eigenvalue weighted by molar-refractivity contribution is 9.10. The van der Waals surface area contributed by atoms with Gasteiger partial charge in [-0.1, -0.05) is 12.8 Å². The van der Waals surface area contributed by atoms with Gasteiger partial charge in [0.2, 0.25) is 0 Å². The van der Waals surface area contributed by atoms with Gasteiger partial charge in [0.05, 0.1) is 4.88 Å². The molecule has 3 rings (SSSR count). The van der Waals surface area contributed by atoms with E-state index in [9.17, 15) is 0 Å². The van der Waals surface area contributed by atoms with Gasteiger partial charge < -0.3 is 5.43 Å². The number of thiophene rings is 1. The molecule has 2 aromatic heterocycles. The van der Waals surface area contributed by atoms with Crippen LogP contribution in [-0.4, -0.2) is 9.97 Å². The Morgan fingerprint density at radius 2 is 2.05 bits per heavy atom. The van der Waals surface area contributed by atoms with E-state index in [0.717, 1.165) is 20.9 Å². The summed E-state index contributed by atoms with van der Waals surface area (Å²) in [6.45, 7) is 0. The van der Waals surface area contributed by atoms with Gasteiger partial charge in [-0.05, 0) is 34.8 Å². The Hall–Kier alpha value is -0.980. The van der Waals surface area contributed by atoms with Gasteiger partial charge in [0.15, 0.2) is 5.82 Å². The van der Waals surface area contributed by atoms with Crippen molar-refractivity contribution in [2.75, 3.05) is 5.43 Å². The van der Waals surface area contributed by atoms with Crippen LogP contribution in [-0.2, 0) is 0 Å². The largest absolute Gasteiger partial charge is 0.308 e. The van der Waals surface area contributed by atoms with Crippen molar-refractivity contribution >= 4 is 33.1 Å². The van der Waals surface area contributed by atoms with Crippen LogP contribution in [0.4, 0.5) is 5.82 Å². The molecule has 1 aliphatic carbocycles. The molecule has 19 heavy (non-hydrogen) atoms. The highest BCUT2D eigenvalue weighted by Gasteiger charge is 2.20. The third kappa shape index (κ3) is 2.80. The van der Waals surface area contributed by atoms with Crippen molar-refractivity contribution in [1.29, 1.82) is 0 Å². The predicted octanol–water partition coefficient (Wildman–Crippen LogP) is 3.91. The molecule has 1 fully saturated rings. The van der Waals surface area contributed by atoms with E-state index >= 15 is 0 Å². The Labute approximate surface area is 124 Å². The lowest BCUT2D eigenvalue weighted by Gasteiger charge is -2.11. The zero-order valence-electron chi connectivity index (χ0n) is 10.4. The zero-order valence-corrected chi connectivity index (χ0v) is 12.8. The van der Waals surface area contributed by atoms with Crippen LogP contribution < -0.4 is 11.3 Å². The van der Waals surface area contributed by atoms with Crippen LogP contribution in [0.5, 0.6) is 0 Å². The molecule has 3 N–H and O–H groups in total. The topological polar surface area (TPSA) is 63.8 Å². The van der Waals surface area contributed by atoms with Crippen molar-refractivity contribution in [2.45, 2.75) is 31.6 Å². The molecule has 100 valence electrons. The predicted molar refractivity (Wildman–Crippen MR) is 82.1 cm³/mol. The van der Waals surface area contributed by atoms with E-state index in [-0.39, 0.29) is 0 Å². The number of hydrogen-bond acceptors (Lipinski definition) is 5. The van der Waals surface area contributed by atoms with Crippen LogP contribution >= 0.6 is 27.3 Å². The van der Waals surface area contributed by atoms with E-state index < -0.39 is 0 Å². The summed E-state index contributed by atoms with van der Waals surface area (Å²) in [7, 11) is 0. The average Bonchev–Trinajstić information content (AvgIpc) is 3.09. The standard InChI is InChI=1S/C13H15BrN4S/c14-9-5-11(19-7-9)13-16-10(6-12(17-13)18-15)8-3-1-2-4-8/h5-8H,1-4,15H2,(H,16,17,18). The fraction of sp³-hybridized carbons (Fsp3) is 0.385. The number of hydrogen-bond donors (Lipinski definition) is 2. The van der Waals surface area contributed by atoms with E-state index in [1.165, 1.54) is 25.7 Å². The molecule has 0 radical (unpaired) electrons. The molecule has 0 unspecified atom stereocenters. The molecule has 4 nitrogen and oxygen atoms in total. The molecular weight excluding hydrogens is 324 g/mol. The summed E-state index contributed by atoms with van der Waals surface area (Å²) < 4.78 is 1.06. The van der Waals surface area contributed by atoms with Crippen LogP contribution in [0.15, 0.2) is 22.0 Å². The van der Waals surface area contributed by atoms with Gasteiger partial charge in [-0.3, -0.25) is 0 Å². The van der Waals surface area contributed by atoms with Crippen LogP contribution in [0.3, 0.4) is 0 Å². The van der Waals surface area contributed by atoms with Crippen LogP contribution in [0.2, 0.25) is 0 Å². The fourth-order valence-electron chi connectivity index (χ4n) is 2.51. The first kappa shape index (κ1) is 13.0. The molecule has 0 aliphatic heterocycles. The number of aromatic nitrogens is 2. The summed E-state index contributed by atoms with van der Waals surface area (Å²) in [6.07, 6.45) is 5.02. The first-order chi connectivity index (χ1) is 9.26. The molecule has 0 saturated heterocycles. The average molecular weight is 339 g/mol. The Morgan fingerprint density at radius 3 is 2.68 bits per heavy atom. The SMILES string of the molecule is NNc1cc(C2CCCC2)nc(-c2cc(Br)cs2)n1. The summed E-state index contributed by atoms with van der Waals surface area (Å²) >= 11 is 5.10. The first-order valence-electron chi connectivity index (χ1n) is 6.36. The number of nitrogens with zero attached hydrogens (tertiary/aromatic N) is 2. The second-order valence-corrected chi connectivity index (χ2v) is 6.58. The number of hydrazine groups is 1. The maximum absolute atomic E-state index is 5.52. The summed E-state index contributed by atoms with van der Waals surface area (Å²) in [6, 6.07) is 4.01. The van der Waals surface area contributed by atoms with Gasteiger partial charge in [0, 0.05) is 27.5 Å². The summed E-state index contributed by atoms with van der Waals surface area (Å²) in [5, 5.41) is 2.04. The van der Waals surface area contributed by atoms with Crippen molar-refractivity contribution in [1.82, 2.24) is 9.97 Å². The van der Waals surface area contributed by atoms with E-state index in [4.69, 9.17) is 10.8 Å². The van der Waals surface area contributed by atoms with Crippen LogP contribution in [0.1, 0.15) is 37.3 Å². The lowest BCUT2D eigenvalue weighted by atomic mass is 10.0. The number of nitrogens with two attached hydrogens (primary N) is 1. The number of anilines is 1. The normalized spacial score (nSPS) is 15.9. The van der Waals surface area contributed by atoms with Gasteiger partial charge in [-0.25, -0.2) is 15.8 Å². The summed E-state index contributed by atoms with van der Waals surface area (Å²) in [4.78, 5) is 10.2. The second-order valence-electron chi connectivity index (χ2n) is 4.76. The Balaban J connectivity index is 2.01. The van der Waals surface area contributed by atoms with Crippen molar-refractivity contribution in [2.24, 2.45) is 5.84 Å². The monoisotopic (exact) mass is 338 g/mol. The Kier molecular flexibility index (Phi) is 3.81. The summed E-state index contributed by atoms with van der Waals surface area (Å²) in [5.74, 6) is 7.53. The van der Waals surface area contributed by atoms with E-state index in [0.29, 0.717) is 11.7 Å². The molecule has 1 aliphatic rings. The highest BCUT2D eigenvalue weighted by Crippen LogP contribution is 2.35. The van der Waals surface area contributed by atoms with Crippen LogP contribution in [0, 0.1) is 0 Å². The third-order valence-corrected chi connectivity index (χ3v) is 5.14. The smallest absolute Gasteiger partial charge is 0.171 e. The maximum Gasteiger partial charge on any atom is 0.171 e. The second kappa shape index (κ2) is 5.56. The molecule has 0 amide bonds. The minimum absolute atomic E-state index is 0.553. The highest BCUT2D eigenvalue weighted by atomic mass is 79.9. The summed E-state index contributed by atoms with van der Waals surface area (Å²) in [5.41, 5.74) is 3.76. The molecule has 1 saturated carbocycles. The van der Waals surface area contributed by atoms with E-state index in [2.05, 4.69) is 26.3 Å². The van der Waals surface area contributed by atoms with Crippen LogP contribution in [0.25, 0.3) is 10.7 Å². The van der Waals surface area contributed by atoms with E-state index in [1.54, 1.807) is 11.3 Å². The number of nitrogens with one attached hydrogen (secondary N) is 1. The molecule has 2 heterocycles. The zero-order chi connectivity index (χ0) is 13.2. The molecule has 0 spiro atoms. The molecule has 6 heteroatoms. The van der Waals surface area contributed by atoms with Gasteiger partial charge in [0.25, 0.3) is 0 Å². The molecule has 0 atom stereocenters. The maximum atomic E-state index is 5.52. The van der Waals surface area contributed by atoms with Crippen molar-refractivity contribution < 1.29 is 0 Å². The lowest BCUT2D eigenvalue weighted by Crippen LogP contribution is -2.11. The third-order valence-electron chi connectivity index (χ3n) is 3.46. The van der Waals surface area contributed by atoms with Crippen molar-refractivity contribution in [3.05, 3.63) is 27.7 Å². The van der Waals surface area contributed by atoms with E-state index in [1.807, 2.05) is 17.5 Å². The minimum Gasteiger partial charge on any atom is -0.308 e. The van der Waals surface area contributed by atoms with Crippen molar-refractivity contribution in [3.8, 4) is 10.7 Å². The van der Waals surface area contributed by atoms with Gasteiger partial charge in [-0.2, -0.15) is 0 Å². The molecular formula is C13H15BrN4S. The molecule has 0 bridgehead atoms. The number of nitrogen functional groups attached to an aromatic ring is 1. The first-order valence-corrected chi connectivity index (χ1v) is 8.03. The van der Waals surface area contributed by atoms with Gasteiger partial charge in [0.1, 0.15) is 5.82 Å².